The summed E-state index contributed by atoms with van der Waals surface area (Å²) in [7, 11) is 0. The minimum absolute atomic E-state index is 0.419. The van der Waals surface area contributed by atoms with Crippen molar-refractivity contribution in [3.63, 3.8) is 0 Å². The molecule has 47 heavy (non-hydrogen) atoms. The molecular weight excluding hydrogens is 572 g/mol. The fourth-order valence-corrected chi connectivity index (χ4v) is 7.96. The topological polar surface area (TPSA) is 31.0 Å². The van der Waals surface area contributed by atoms with Crippen LogP contribution in [-0.2, 0) is 6.42 Å². The lowest BCUT2D eigenvalue weighted by molar-refractivity contribution is 0.672. The number of benzene rings is 6. The first-order chi connectivity index (χ1) is 23.3. The molecule has 6 aromatic carbocycles. The number of aryl methyl sites for hydroxylation is 1. The molecule has 0 radical (unpaired) electrons. The largest absolute Gasteiger partial charge is 0.455 e. The fraction of sp³-hybridized carbons (Fsp3) is 0.0682. The molecule has 3 aromatic heterocycles. The highest BCUT2D eigenvalue weighted by Gasteiger charge is 2.25. The first-order valence-corrected chi connectivity index (χ1v) is 16.4. The molecule has 3 heterocycles. The SMILES string of the molecule is c1ccc(-c2cc3c4c5oc6ccc(C7CCc8ccccc87)cc6c5ccc4n(-c4ccccc4)c3cc2-c2ccccn2)cc1. The van der Waals surface area contributed by atoms with E-state index in [1.807, 2.05) is 12.3 Å². The van der Waals surface area contributed by atoms with Crippen LogP contribution >= 0.6 is 0 Å². The van der Waals surface area contributed by atoms with Crippen LogP contribution in [-0.4, -0.2) is 9.55 Å². The van der Waals surface area contributed by atoms with Crippen molar-refractivity contribution in [1.29, 1.82) is 0 Å². The Morgan fingerprint density at radius 2 is 1.43 bits per heavy atom. The van der Waals surface area contributed by atoms with Gasteiger partial charge in [0.25, 0.3) is 0 Å². The van der Waals surface area contributed by atoms with E-state index in [9.17, 15) is 0 Å². The molecule has 10 rings (SSSR count). The molecule has 0 saturated carbocycles. The predicted molar refractivity (Wildman–Crippen MR) is 193 cm³/mol. The summed E-state index contributed by atoms with van der Waals surface area (Å²) in [6.07, 6.45) is 4.16. The molecule has 3 heteroatoms. The zero-order valence-electron chi connectivity index (χ0n) is 25.7. The van der Waals surface area contributed by atoms with Gasteiger partial charge >= 0.3 is 0 Å². The molecule has 0 spiro atoms. The third-order valence-electron chi connectivity index (χ3n) is 10.1. The maximum absolute atomic E-state index is 6.84. The highest BCUT2D eigenvalue weighted by atomic mass is 16.3. The van der Waals surface area contributed by atoms with E-state index in [0.29, 0.717) is 5.92 Å². The Hall–Kier alpha value is -5.93. The maximum Gasteiger partial charge on any atom is 0.145 e. The number of para-hydroxylation sites is 1. The highest BCUT2D eigenvalue weighted by molar-refractivity contribution is 6.25. The van der Waals surface area contributed by atoms with E-state index < -0.39 is 0 Å². The van der Waals surface area contributed by atoms with Gasteiger partial charge in [-0.2, -0.15) is 0 Å². The van der Waals surface area contributed by atoms with Gasteiger partial charge in [0.15, 0.2) is 0 Å². The average molecular weight is 603 g/mol. The van der Waals surface area contributed by atoms with Gasteiger partial charge in [0.1, 0.15) is 11.2 Å². The fourth-order valence-electron chi connectivity index (χ4n) is 7.96. The van der Waals surface area contributed by atoms with Crippen molar-refractivity contribution in [3.05, 3.63) is 168 Å². The number of nitrogens with zero attached hydrogens (tertiary/aromatic N) is 2. The Labute approximate surface area is 272 Å². The van der Waals surface area contributed by atoms with Gasteiger partial charge in [-0.3, -0.25) is 4.98 Å². The summed E-state index contributed by atoms with van der Waals surface area (Å²) in [5, 5.41) is 4.63. The van der Waals surface area contributed by atoms with Crippen LogP contribution in [0.2, 0.25) is 0 Å². The van der Waals surface area contributed by atoms with Crippen LogP contribution in [0.5, 0.6) is 0 Å². The Balaban J connectivity index is 1.29. The lowest BCUT2D eigenvalue weighted by Gasteiger charge is -2.13. The second-order valence-corrected chi connectivity index (χ2v) is 12.7. The molecule has 222 valence electrons. The first kappa shape index (κ1) is 26.3. The Kier molecular flexibility index (Phi) is 5.76. The van der Waals surface area contributed by atoms with Crippen LogP contribution in [0.3, 0.4) is 0 Å². The molecule has 9 aromatic rings. The molecule has 1 aliphatic carbocycles. The lowest BCUT2D eigenvalue weighted by atomic mass is 9.92. The molecule has 3 nitrogen and oxygen atoms in total. The van der Waals surface area contributed by atoms with E-state index in [2.05, 4.69) is 144 Å². The van der Waals surface area contributed by atoms with Gasteiger partial charge in [0, 0.05) is 39.5 Å². The van der Waals surface area contributed by atoms with Gasteiger partial charge in [-0.25, -0.2) is 0 Å². The molecule has 0 N–H and O–H groups in total. The minimum atomic E-state index is 0.419. The van der Waals surface area contributed by atoms with Crippen LogP contribution < -0.4 is 0 Å². The van der Waals surface area contributed by atoms with Crippen molar-refractivity contribution in [3.8, 4) is 28.1 Å². The third-order valence-corrected chi connectivity index (χ3v) is 10.1. The Morgan fingerprint density at radius 3 is 2.28 bits per heavy atom. The van der Waals surface area contributed by atoms with Gasteiger partial charge in [-0.15, -0.1) is 0 Å². The molecule has 0 bridgehead atoms. The minimum Gasteiger partial charge on any atom is -0.455 e. The van der Waals surface area contributed by atoms with E-state index in [0.717, 1.165) is 79.3 Å². The van der Waals surface area contributed by atoms with Crippen LogP contribution in [0.15, 0.2) is 156 Å². The smallest absolute Gasteiger partial charge is 0.145 e. The van der Waals surface area contributed by atoms with Crippen molar-refractivity contribution < 1.29 is 4.42 Å². The van der Waals surface area contributed by atoms with Crippen LogP contribution in [0.4, 0.5) is 0 Å². The van der Waals surface area contributed by atoms with Crippen LogP contribution in [0.1, 0.15) is 29.0 Å². The Morgan fingerprint density at radius 1 is 0.617 bits per heavy atom. The molecule has 0 fully saturated rings. The van der Waals surface area contributed by atoms with Gasteiger partial charge in [0.2, 0.25) is 0 Å². The molecule has 1 aliphatic rings. The zero-order valence-corrected chi connectivity index (χ0v) is 25.7. The van der Waals surface area contributed by atoms with Crippen molar-refractivity contribution >= 4 is 43.7 Å². The van der Waals surface area contributed by atoms with Gasteiger partial charge in [-0.05, 0) is 101 Å². The summed E-state index contributed by atoms with van der Waals surface area (Å²) in [4.78, 5) is 4.80. The number of rotatable bonds is 4. The van der Waals surface area contributed by atoms with E-state index >= 15 is 0 Å². The number of aromatic nitrogens is 2. The number of hydrogen-bond donors (Lipinski definition) is 0. The van der Waals surface area contributed by atoms with Crippen LogP contribution in [0, 0.1) is 0 Å². The third kappa shape index (κ3) is 4.03. The van der Waals surface area contributed by atoms with Gasteiger partial charge in [-0.1, -0.05) is 84.9 Å². The molecule has 0 amide bonds. The van der Waals surface area contributed by atoms with E-state index in [1.54, 1.807) is 0 Å². The Bertz CT molecular complexity index is 2610. The molecular formula is C44H30N2O. The summed E-state index contributed by atoms with van der Waals surface area (Å²) in [6, 6.07) is 52.4. The lowest BCUT2D eigenvalue weighted by Crippen LogP contribution is -1.95. The van der Waals surface area contributed by atoms with Crippen molar-refractivity contribution in [1.82, 2.24) is 9.55 Å². The van der Waals surface area contributed by atoms with E-state index in [4.69, 9.17) is 9.40 Å². The molecule has 0 saturated heterocycles. The van der Waals surface area contributed by atoms with Gasteiger partial charge in [0.05, 0.1) is 22.1 Å². The number of pyridine rings is 1. The zero-order chi connectivity index (χ0) is 30.9. The van der Waals surface area contributed by atoms with Crippen molar-refractivity contribution in [2.75, 3.05) is 0 Å². The quantitative estimate of drug-likeness (QED) is 0.201. The van der Waals surface area contributed by atoms with Crippen LogP contribution in [0.25, 0.3) is 71.8 Å². The van der Waals surface area contributed by atoms with Crippen molar-refractivity contribution in [2.45, 2.75) is 18.8 Å². The highest BCUT2D eigenvalue weighted by Crippen LogP contribution is 2.45. The first-order valence-electron chi connectivity index (χ1n) is 16.4. The number of fused-ring (bicyclic) bond motifs is 8. The number of furan rings is 1. The summed E-state index contributed by atoms with van der Waals surface area (Å²) in [6.45, 7) is 0. The predicted octanol–water partition coefficient (Wildman–Crippen LogP) is 11.5. The molecule has 0 aliphatic heterocycles. The summed E-state index contributed by atoms with van der Waals surface area (Å²) in [5.41, 5.74) is 13.9. The normalized spacial score (nSPS) is 14.4. The van der Waals surface area contributed by atoms with E-state index in [1.165, 1.54) is 22.1 Å². The molecule has 1 atom stereocenters. The standard InChI is InChI=1S/C44H30N2O/c1-3-11-28(12-4-1)35-26-38-41(27-36(35)39-17-9-10-24-45-39)46(31-14-5-2-6-15-31)40-22-21-34-37-25-30(19-23-42(37)47-44(34)43(38)40)33-20-18-29-13-7-8-16-32(29)33/h1-17,19,21-27,33H,18,20H2. The summed E-state index contributed by atoms with van der Waals surface area (Å²) >= 11 is 0. The van der Waals surface area contributed by atoms with Gasteiger partial charge < -0.3 is 8.98 Å². The summed E-state index contributed by atoms with van der Waals surface area (Å²) < 4.78 is 9.22. The average Bonchev–Trinajstić information content (AvgIpc) is 3.83. The van der Waals surface area contributed by atoms with Crippen molar-refractivity contribution in [2.24, 2.45) is 0 Å². The number of hydrogen-bond acceptors (Lipinski definition) is 2. The second-order valence-electron chi connectivity index (χ2n) is 12.7. The monoisotopic (exact) mass is 602 g/mol. The molecule has 1 unspecified atom stereocenters. The summed E-state index contributed by atoms with van der Waals surface area (Å²) in [5.74, 6) is 0.419. The maximum atomic E-state index is 6.84. The van der Waals surface area contributed by atoms with E-state index in [-0.39, 0.29) is 0 Å². The second kappa shape index (κ2) is 10.3.